The van der Waals surface area contributed by atoms with Gasteiger partial charge in [0.15, 0.2) is 0 Å². The summed E-state index contributed by atoms with van der Waals surface area (Å²) in [5, 5.41) is 18.8. The van der Waals surface area contributed by atoms with E-state index in [0.717, 1.165) is 0 Å². The van der Waals surface area contributed by atoms with Crippen LogP contribution < -0.4 is 16.0 Å². The van der Waals surface area contributed by atoms with Crippen molar-refractivity contribution < 1.29 is 24.0 Å². The lowest BCUT2D eigenvalue weighted by molar-refractivity contribution is -0.396. The minimum absolute atomic E-state index is 0.130. The molecular weight excluding hydrogens is 420 g/mol. The van der Waals surface area contributed by atoms with Crippen LogP contribution in [0.3, 0.4) is 0 Å². The van der Waals surface area contributed by atoms with Gasteiger partial charge in [0, 0.05) is 7.05 Å². The van der Waals surface area contributed by atoms with Gasteiger partial charge >= 0.3 is 12.0 Å². The zero-order chi connectivity index (χ0) is 24.5. The molecule has 0 aliphatic rings. The highest BCUT2D eigenvalue weighted by atomic mass is 16.6. The zero-order valence-corrected chi connectivity index (χ0v) is 19.5. The van der Waals surface area contributed by atoms with Crippen LogP contribution >= 0.6 is 0 Å². The van der Waals surface area contributed by atoms with Gasteiger partial charge in [0.2, 0.25) is 11.8 Å². The molecule has 3 N–H and O–H groups in total. The van der Waals surface area contributed by atoms with Gasteiger partial charge in [0.1, 0.15) is 30.1 Å². The second-order valence-corrected chi connectivity index (χ2v) is 8.50. The molecule has 0 radical (unpaired) electrons. The number of alkyl carbamates (subject to hydrolysis) is 1. The molecule has 0 aliphatic heterocycles. The summed E-state index contributed by atoms with van der Waals surface area (Å²) >= 11 is 0. The molecule has 0 aliphatic carbocycles. The maximum absolute atomic E-state index is 13.0. The minimum Gasteiger partial charge on any atom is -0.444 e. The Hall–Kier alpha value is -3.18. The minimum atomic E-state index is -0.997. The highest BCUT2D eigenvalue weighted by Gasteiger charge is 2.30. The number of aromatic nitrogens is 2. The van der Waals surface area contributed by atoms with Crippen molar-refractivity contribution in [3.8, 4) is 0 Å². The summed E-state index contributed by atoms with van der Waals surface area (Å²) < 4.78 is 6.61. The largest absolute Gasteiger partial charge is 0.444 e. The van der Waals surface area contributed by atoms with Gasteiger partial charge in [-0.25, -0.2) is 9.36 Å². The average Bonchev–Trinajstić information content (AvgIpc) is 3.17. The van der Waals surface area contributed by atoms with Gasteiger partial charge in [0.05, 0.1) is 6.54 Å². The number of carbonyl (C=O) groups is 3. The molecule has 0 saturated heterocycles. The third kappa shape index (κ3) is 8.52. The van der Waals surface area contributed by atoms with E-state index in [9.17, 15) is 24.5 Å². The van der Waals surface area contributed by atoms with E-state index in [1.165, 1.54) is 24.0 Å². The number of ether oxygens (including phenoxy) is 1. The maximum Gasteiger partial charge on any atom is 0.434 e. The third-order valence-corrected chi connectivity index (χ3v) is 4.80. The normalized spacial score (nSPS) is 14.1. The second-order valence-electron chi connectivity index (χ2n) is 8.50. The van der Waals surface area contributed by atoms with Crippen molar-refractivity contribution in [1.29, 1.82) is 0 Å². The number of imidazole rings is 1. The van der Waals surface area contributed by atoms with Gasteiger partial charge in [-0.05, 0) is 44.5 Å². The average molecular weight is 455 g/mol. The Morgan fingerprint density at radius 1 is 1.25 bits per heavy atom. The van der Waals surface area contributed by atoms with Crippen LogP contribution in [0.5, 0.6) is 0 Å². The number of rotatable bonds is 11. The first-order valence-electron chi connectivity index (χ1n) is 10.6. The van der Waals surface area contributed by atoms with E-state index < -0.39 is 34.6 Å². The Morgan fingerprint density at radius 3 is 2.44 bits per heavy atom. The van der Waals surface area contributed by atoms with Gasteiger partial charge in [-0.2, -0.15) is 0 Å². The quantitative estimate of drug-likeness (QED) is 0.339. The Balaban J connectivity index is 2.93. The summed E-state index contributed by atoms with van der Waals surface area (Å²) in [6.07, 6.45) is 3.18. The summed E-state index contributed by atoms with van der Waals surface area (Å²) in [5.74, 6) is -1.31. The lowest BCUT2D eigenvalue weighted by Gasteiger charge is -2.27. The molecule has 12 heteroatoms. The molecule has 1 aromatic rings. The molecule has 1 rings (SSSR count). The molecule has 0 unspecified atom stereocenters. The first kappa shape index (κ1) is 26.9. The fraction of sp³-hybridized carbons (Fsp3) is 0.700. The Kier molecular flexibility index (Phi) is 10.1. The van der Waals surface area contributed by atoms with E-state index in [-0.39, 0.29) is 30.7 Å². The number of hydrogen-bond donors (Lipinski definition) is 3. The second kappa shape index (κ2) is 12.0. The van der Waals surface area contributed by atoms with E-state index in [0.29, 0.717) is 12.8 Å². The number of nitrogens with zero attached hydrogens (tertiary/aromatic N) is 3. The van der Waals surface area contributed by atoms with E-state index >= 15 is 0 Å². The van der Waals surface area contributed by atoms with Gasteiger partial charge in [-0.15, -0.1) is 0 Å². The van der Waals surface area contributed by atoms with Crippen LogP contribution in [-0.4, -0.2) is 57.1 Å². The highest BCUT2D eigenvalue weighted by molar-refractivity contribution is 5.91. The van der Waals surface area contributed by atoms with Crippen LogP contribution in [0.4, 0.5) is 10.7 Å². The third-order valence-electron chi connectivity index (χ3n) is 4.80. The predicted octanol–water partition coefficient (Wildman–Crippen LogP) is 1.74. The first-order chi connectivity index (χ1) is 14.9. The van der Waals surface area contributed by atoms with E-state index in [1.54, 1.807) is 20.8 Å². The van der Waals surface area contributed by atoms with Crippen molar-refractivity contribution in [2.75, 3.05) is 7.05 Å². The Labute approximate surface area is 187 Å². The van der Waals surface area contributed by atoms with E-state index in [1.807, 2.05) is 13.8 Å². The van der Waals surface area contributed by atoms with Gasteiger partial charge in [-0.1, -0.05) is 25.3 Å². The van der Waals surface area contributed by atoms with Crippen LogP contribution in [0.2, 0.25) is 0 Å². The van der Waals surface area contributed by atoms with Crippen LogP contribution in [0.25, 0.3) is 0 Å². The molecule has 0 spiro atoms. The van der Waals surface area contributed by atoms with Crippen LogP contribution in [0.1, 0.15) is 53.9 Å². The number of aryl methyl sites for hydroxylation is 1. The smallest absolute Gasteiger partial charge is 0.434 e. The number of amides is 3. The molecule has 3 atom stereocenters. The van der Waals surface area contributed by atoms with Crippen molar-refractivity contribution in [3.63, 3.8) is 0 Å². The molecular formula is C20H34N6O6. The van der Waals surface area contributed by atoms with Gasteiger partial charge in [-0.3, -0.25) is 9.59 Å². The summed E-state index contributed by atoms with van der Waals surface area (Å²) in [6.45, 7) is 9.06. The van der Waals surface area contributed by atoms with Crippen molar-refractivity contribution >= 4 is 23.9 Å². The summed E-state index contributed by atoms with van der Waals surface area (Å²) in [4.78, 5) is 51.6. The molecule has 0 bridgehead atoms. The molecule has 1 heterocycles. The fourth-order valence-corrected chi connectivity index (χ4v) is 2.94. The fourth-order valence-electron chi connectivity index (χ4n) is 2.94. The molecule has 0 saturated carbocycles. The van der Waals surface area contributed by atoms with Crippen LogP contribution in [0.15, 0.2) is 12.4 Å². The summed E-state index contributed by atoms with van der Waals surface area (Å²) in [7, 11) is 1.48. The summed E-state index contributed by atoms with van der Waals surface area (Å²) in [5.41, 5.74) is -0.760. The number of carbonyl (C=O) groups excluding carboxylic acids is 3. The number of likely N-dealkylation sites (N-methyl/N-ethyl adjacent to an activating group) is 1. The molecule has 1 aromatic heterocycles. The Morgan fingerprint density at radius 2 is 1.91 bits per heavy atom. The monoisotopic (exact) mass is 454 g/mol. The van der Waals surface area contributed by atoms with Crippen molar-refractivity contribution in [2.24, 2.45) is 5.92 Å². The standard InChI is InChI=1S/C20H34N6O6/c1-7-13(2)15(17(28)21-6)24-16(27)14(23-19(29)32-20(3,4)5)9-8-11-25-12-10-22-18(25)26(30)31/h10,12-15H,7-9,11H2,1-6H3,(H,21,28)(H,23,29)(H,24,27)/t13-,14-,15-/m0/s1. The van der Waals surface area contributed by atoms with Crippen molar-refractivity contribution in [2.45, 2.75) is 78.1 Å². The van der Waals surface area contributed by atoms with Crippen molar-refractivity contribution in [1.82, 2.24) is 25.5 Å². The lowest BCUT2D eigenvalue weighted by atomic mass is 9.97. The predicted molar refractivity (Wildman–Crippen MR) is 117 cm³/mol. The highest BCUT2D eigenvalue weighted by Crippen LogP contribution is 2.13. The molecule has 0 aromatic carbocycles. The van der Waals surface area contributed by atoms with Crippen LogP contribution in [-0.2, 0) is 20.9 Å². The van der Waals surface area contributed by atoms with E-state index in [2.05, 4.69) is 20.9 Å². The zero-order valence-electron chi connectivity index (χ0n) is 19.5. The van der Waals surface area contributed by atoms with Gasteiger partial charge in [0.25, 0.3) is 0 Å². The number of hydrogen-bond acceptors (Lipinski definition) is 7. The Bertz CT molecular complexity index is 803. The van der Waals surface area contributed by atoms with Crippen molar-refractivity contribution in [3.05, 3.63) is 22.5 Å². The number of nitro groups is 1. The molecule has 12 nitrogen and oxygen atoms in total. The molecule has 3 amide bonds. The topological polar surface area (TPSA) is 157 Å². The molecule has 180 valence electrons. The molecule has 0 fully saturated rings. The lowest BCUT2D eigenvalue weighted by Crippen LogP contribution is -2.55. The van der Waals surface area contributed by atoms with E-state index in [4.69, 9.17) is 4.74 Å². The maximum atomic E-state index is 13.0. The number of nitrogens with one attached hydrogen (secondary N) is 3. The SMILES string of the molecule is CC[C@H](C)[C@H](NC(=O)[C@H](CCCn1ccnc1[N+](=O)[O-])NC(=O)OC(C)(C)C)C(=O)NC. The summed E-state index contributed by atoms with van der Waals surface area (Å²) in [6, 6.07) is -1.76. The first-order valence-corrected chi connectivity index (χ1v) is 10.6. The molecule has 32 heavy (non-hydrogen) atoms. The van der Waals surface area contributed by atoms with Crippen LogP contribution in [0, 0.1) is 16.0 Å². The van der Waals surface area contributed by atoms with Gasteiger partial charge < -0.3 is 30.8 Å².